The maximum absolute atomic E-state index is 11.8. The number of piperidine rings is 1. The Labute approximate surface area is 129 Å². The van der Waals surface area contributed by atoms with E-state index < -0.39 is 5.60 Å². The highest BCUT2D eigenvalue weighted by Gasteiger charge is 2.25. The number of rotatable bonds is 2. The van der Waals surface area contributed by atoms with Crippen LogP contribution in [0.2, 0.25) is 5.15 Å². The molecule has 1 saturated heterocycles. The minimum atomic E-state index is -0.489. The summed E-state index contributed by atoms with van der Waals surface area (Å²) in [5.41, 5.74) is -0.489. The highest BCUT2D eigenvalue weighted by Crippen LogP contribution is 2.19. The second-order valence-electron chi connectivity index (χ2n) is 6.13. The van der Waals surface area contributed by atoms with Gasteiger partial charge in [0.05, 0.1) is 12.4 Å². The molecule has 0 bridgehead atoms. The number of amides is 1. The van der Waals surface area contributed by atoms with Gasteiger partial charge in [0.15, 0.2) is 0 Å². The molecule has 0 saturated carbocycles. The number of aromatic nitrogens is 2. The minimum absolute atomic E-state index is 0.0365. The summed E-state index contributed by atoms with van der Waals surface area (Å²) < 4.78 is 5.28. The first-order valence-electron chi connectivity index (χ1n) is 7.05. The van der Waals surface area contributed by atoms with Crippen LogP contribution >= 0.6 is 11.6 Å². The number of anilines is 1. The van der Waals surface area contributed by atoms with E-state index in [1.165, 1.54) is 6.20 Å². The normalized spacial score (nSPS) is 19.2. The lowest BCUT2D eigenvalue weighted by atomic mass is 10.1. The van der Waals surface area contributed by atoms with Gasteiger partial charge in [-0.1, -0.05) is 11.6 Å². The van der Waals surface area contributed by atoms with Gasteiger partial charge in [0.25, 0.3) is 0 Å². The molecule has 0 spiro atoms. The summed E-state index contributed by atoms with van der Waals surface area (Å²) in [4.78, 5) is 22.2. The molecule has 6 nitrogen and oxygen atoms in total. The lowest BCUT2D eigenvalue weighted by molar-refractivity contribution is 0.0500. The molecule has 1 fully saturated rings. The fraction of sp³-hybridized carbons (Fsp3) is 0.643. The van der Waals surface area contributed by atoms with Gasteiger partial charge in [-0.2, -0.15) is 0 Å². The number of carbonyl (C=O) groups excluding carboxylic acids is 1. The van der Waals surface area contributed by atoms with Crippen molar-refractivity contribution >= 4 is 23.5 Å². The van der Waals surface area contributed by atoms with E-state index in [2.05, 4.69) is 20.2 Å². The van der Waals surface area contributed by atoms with E-state index >= 15 is 0 Å². The van der Waals surface area contributed by atoms with Crippen LogP contribution in [-0.4, -0.2) is 40.8 Å². The van der Waals surface area contributed by atoms with Gasteiger partial charge in [-0.25, -0.2) is 9.78 Å². The zero-order valence-electron chi connectivity index (χ0n) is 12.6. The van der Waals surface area contributed by atoms with Crippen molar-refractivity contribution in [1.29, 1.82) is 0 Å². The van der Waals surface area contributed by atoms with Gasteiger partial charge in [0, 0.05) is 19.1 Å². The first kappa shape index (κ1) is 15.8. The van der Waals surface area contributed by atoms with E-state index in [4.69, 9.17) is 16.3 Å². The highest BCUT2D eigenvalue weighted by molar-refractivity contribution is 6.29. The number of hydrogen-bond acceptors (Lipinski definition) is 5. The summed E-state index contributed by atoms with van der Waals surface area (Å²) in [6, 6.07) is 0.0365. The summed E-state index contributed by atoms with van der Waals surface area (Å²) in [7, 11) is 0. The molecule has 1 amide bonds. The summed E-state index contributed by atoms with van der Waals surface area (Å²) >= 11 is 5.87. The van der Waals surface area contributed by atoms with Crippen LogP contribution < -0.4 is 10.2 Å². The first-order chi connectivity index (χ1) is 9.83. The van der Waals surface area contributed by atoms with E-state index in [0.29, 0.717) is 11.7 Å². The van der Waals surface area contributed by atoms with Crippen molar-refractivity contribution in [2.24, 2.45) is 0 Å². The second-order valence-corrected chi connectivity index (χ2v) is 6.52. The molecule has 1 aromatic rings. The van der Waals surface area contributed by atoms with Crippen molar-refractivity contribution in [3.8, 4) is 0 Å². The molecule has 116 valence electrons. The number of ether oxygens (including phenoxy) is 1. The molecule has 0 radical (unpaired) electrons. The fourth-order valence-corrected chi connectivity index (χ4v) is 2.41. The van der Waals surface area contributed by atoms with Crippen molar-refractivity contribution < 1.29 is 9.53 Å². The molecular formula is C14H21ClN4O2. The Morgan fingerprint density at radius 1 is 1.48 bits per heavy atom. The lowest BCUT2D eigenvalue weighted by Gasteiger charge is -2.34. The van der Waals surface area contributed by atoms with Crippen molar-refractivity contribution in [2.75, 3.05) is 18.0 Å². The van der Waals surface area contributed by atoms with Gasteiger partial charge in [-0.3, -0.25) is 4.98 Å². The maximum atomic E-state index is 11.8. The van der Waals surface area contributed by atoms with Crippen LogP contribution in [-0.2, 0) is 4.74 Å². The van der Waals surface area contributed by atoms with Crippen LogP contribution in [0.1, 0.15) is 33.6 Å². The molecule has 1 aliphatic rings. The zero-order chi connectivity index (χ0) is 15.5. The molecule has 1 aliphatic heterocycles. The smallest absolute Gasteiger partial charge is 0.407 e. The van der Waals surface area contributed by atoms with Crippen LogP contribution in [0.5, 0.6) is 0 Å². The van der Waals surface area contributed by atoms with Crippen LogP contribution in [0.3, 0.4) is 0 Å². The number of hydrogen-bond donors (Lipinski definition) is 1. The molecule has 2 rings (SSSR count). The third-order valence-electron chi connectivity index (χ3n) is 3.06. The molecule has 2 heterocycles. The average molecular weight is 313 g/mol. The second kappa shape index (κ2) is 6.47. The van der Waals surface area contributed by atoms with E-state index in [0.717, 1.165) is 25.2 Å². The van der Waals surface area contributed by atoms with Crippen molar-refractivity contribution in [2.45, 2.75) is 45.3 Å². The Balaban J connectivity index is 1.93. The number of halogens is 1. The van der Waals surface area contributed by atoms with Crippen LogP contribution in [0.25, 0.3) is 0 Å². The molecule has 0 unspecified atom stereocenters. The highest BCUT2D eigenvalue weighted by atomic mass is 35.5. The molecule has 21 heavy (non-hydrogen) atoms. The summed E-state index contributed by atoms with van der Waals surface area (Å²) in [5.74, 6) is 0.734. The van der Waals surface area contributed by atoms with Crippen LogP contribution in [0.15, 0.2) is 12.4 Å². The predicted octanol–water partition coefficient (Wildman–Crippen LogP) is 2.62. The van der Waals surface area contributed by atoms with Gasteiger partial charge >= 0.3 is 6.09 Å². The Bertz CT molecular complexity index is 504. The van der Waals surface area contributed by atoms with E-state index in [1.807, 2.05) is 20.8 Å². The lowest BCUT2D eigenvalue weighted by Crippen LogP contribution is -2.49. The van der Waals surface area contributed by atoms with E-state index in [1.54, 1.807) is 6.20 Å². The van der Waals surface area contributed by atoms with Crippen molar-refractivity contribution in [3.05, 3.63) is 17.5 Å². The molecule has 0 aromatic carbocycles. The molecule has 1 aromatic heterocycles. The molecule has 0 aliphatic carbocycles. The quantitative estimate of drug-likeness (QED) is 0.909. The third kappa shape index (κ3) is 5.04. The Morgan fingerprint density at radius 3 is 2.90 bits per heavy atom. The molecule has 1 N–H and O–H groups in total. The van der Waals surface area contributed by atoms with Gasteiger partial charge < -0.3 is 15.0 Å². The summed E-state index contributed by atoms with van der Waals surface area (Å²) in [5, 5.41) is 3.28. The van der Waals surface area contributed by atoms with Crippen molar-refractivity contribution in [1.82, 2.24) is 15.3 Å². The largest absolute Gasteiger partial charge is 0.444 e. The average Bonchev–Trinajstić information content (AvgIpc) is 2.36. The van der Waals surface area contributed by atoms with Gasteiger partial charge in [-0.15, -0.1) is 0 Å². The predicted molar refractivity (Wildman–Crippen MR) is 81.6 cm³/mol. The van der Waals surface area contributed by atoms with Gasteiger partial charge in [-0.05, 0) is 33.6 Å². The summed E-state index contributed by atoms with van der Waals surface area (Å²) in [6.45, 7) is 7.10. The standard InChI is InChI=1S/C14H21ClN4O2/c1-14(2,3)21-13(20)17-10-5-4-6-19(9-10)12-8-16-7-11(15)18-12/h7-8,10H,4-6,9H2,1-3H3,(H,17,20)/t10-/m1/s1. The zero-order valence-corrected chi connectivity index (χ0v) is 13.4. The maximum Gasteiger partial charge on any atom is 0.407 e. The minimum Gasteiger partial charge on any atom is -0.444 e. The van der Waals surface area contributed by atoms with Crippen LogP contribution in [0.4, 0.5) is 10.6 Å². The van der Waals surface area contributed by atoms with E-state index in [-0.39, 0.29) is 12.1 Å². The first-order valence-corrected chi connectivity index (χ1v) is 7.43. The van der Waals surface area contributed by atoms with Gasteiger partial charge in [0.1, 0.15) is 16.6 Å². The molecule has 7 heteroatoms. The number of nitrogens with one attached hydrogen (secondary N) is 1. The molecular weight excluding hydrogens is 292 g/mol. The number of alkyl carbamates (subject to hydrolysis) is 1. The number of carbonyl (C=O) groups is 1. The Hall–Kier alpha value is -1.56. The van der Waals surface area contributed by atoms with E-state index in [9.17, 15) is 4.79 Å². The Morgan fingerprint density at radius 2 is 2.24 bits per heavy atom. The molecule has 1 atom stereocenters. The summed E-state index contributed by atoms with van der Waals surface area (Å²) in [6.07, 6.45) is 4.69. The third-order valence-corrected chi connectivity index (χ3v) is 3.24. The topological polar surface area (TPSA) is 67.3 Å². The number of nitrogens with zero attached hydrogens (tertiary/aromatic N) is 3. The van der Waals surface area contributed by atoms with Gasteiger partial charge in [0.2, 0.25) is 0 Å². The fourth-order valence-electron chi connectivity index (χ4n) is 2.26. The SMILES string of the molecule is CC(C)(C)OC(=O)N[C@@H]1CCCN(c2cncc(Cl)n2)C1. The van der Waals surface area contributed by atoms with Crippen LogP contribution in [0, 0.1) is 0 Å². The monoisotopic (exact) mass is 312 g/mol. The van der Waals surface area contributed by atoms with Crippen molar-refractivity contribution in [3.63, 3.8) is 0 Å². The Kier molecular flexibility index (Phi) is 4.88.